The number of piperidine rings is 1. The Labute approximate surface area is 185 Å². The zero-order valence-corrected chi connectivity index (χ0v) is 18.5. The number of carbonyl (C=O) groups excluding carboxylic acids is 2. The molecule has 2 amide bonds. The number of alkyl halides is 3. The van der Waals surface area contributed by atoms with Crippen LogP contribution in [0.3, 0.4) is 0 Å². The zero-order chi connectivity index (χ0) is 22.2. The van der Waals surface area contributed by atoms with Crippen molar-refractivity contribution in [2.24, 2.45) is 0 Å². The van der Waals surface area contributed by atoms with Gasteiger partial charge in [-0.2, -0.15) is 13.2 Å². The van der Waals surface area contributed by atoms with Gasteiger partial charge in [0.15, 0.2) is 0 Å². The van der Waals surface area contributed by atoms with E-state index in [0.29, 0.717) is 39.1 Å². The van der Waals surface area contributed by atoms with Gasteiger partial charge in [-0.1, -0.05) is 18.2 Å². The number of amides is 2. The van der Waals surface area contributed by atoms with E-state index in [-0.39, 0.29) is 39.0 Å². The monoisotopic (exact) mass is 509 g/mol. The third kappa shape index (κ3) is 4.54. The van der Waals surface area contributed by atoms with Crippen LogP contribution in [0.2, 0.25) is 0 Å². The molecule has 164 valence electrons. The fourth-order valence-corrected chi connectivity index (χ4v) is 4.30. The quantitative estimate of drug-likeness (QED) is 0.416. The minimum absolute atomic E-state index is 0.00375. The molecule has 0 radical (unpaired) electrons. The first-order valence-electron chi connectivity index (χ1n) is 9.24. The van der Waals surface area contributed by atoms with Crippen LogP contribution in [0.15, 0.2) is 45.3 Å². The third-order valence-corrected chi connectivity index (χ3v) is 6.17. The lowest BCUT2D eigenvalue weighted by Crippen LogP contribution is -2.47. The third-order valence-electron chi connectivity index (χ3n) is 5.27. The van der Waals surface area contributed by atoms with Gasteiger partial charge in [-0.3, -0.25) is 4.79 Å². The molecular weight excluding hydrogens is 491 g/mol. The summed E-state index contributed by atoms with van der Waals surface area (Å²) in [4.78, 5) is 28.9. The average Bonchev–Trinajstić information content (AvgIpc) is 3.13. The SMILES string of the molecule is C=C1C(C(F)(F)F)=CC(Br)=CN1/C(Cl)=C(\C)C(=O)N1CCC(N2CCOC2=O)CC1. The van der Waals surface area contributed by atoms with Crippen molar-refractivity contribution in [3.05, 3.63) is 45.3 Å². The van der Waals surface area contributed by atoms with Crippen LogP contribution in [0.4, 0.5) is 18.0 Å². The maximum Gasteiger partial charge on any atom is 0.418 e. The molecule has 6 nitrogen and oxygen atoms in total. The van der Waals surface area contributed by atoms with Gasteiger partial charge >= 0.3 is 12.3 Å². The van der Waals surface area contributed by atoms with Gasteiger partial charge < -0.3 is 19.4 Å². The Morgan fingerprint density at radius 1 is 1.30 bits per heavy atom. The van der Waals surface area contributed by atoms with E-state index in [0.717, 1.165) is 11.0 Å². The lowest BCUT2D eigenvalue weighted by atomic mass is 10.0. The highest BCUT2D eigenvalue weighted by Gasteiger charge is 2.40. The van der Waals surface area contributed by atoms with Crippen LogP contribution in [-0.2, 0) is 9.53 Å². The smallest absolute Gasteiger partial charge is 0.418 e. The molecule has 0 saturated carbocycles. The van der Waals surface area contributed by atoms with Crippen molar-refractivity contribution in [3.63, 3.8) is 0 Å². The van der Waals surface area contributed by atoms with E-state index in [2.05, 4.69) is 22.5 Å². The molecule has 0 unspecified atom stereocenters. The summed E-state index contributed by atoms with van der Waals surface area (Å²) in [6, 6.07) is 0.00375. The molecule has 3 rings (SSSR count). The molecule has 0 spiro atoms. The summed E-state index contributed by atoms with van der Waals surface area (Å²) in [6.07, 6.45) is -1.52. The molecule has 3 aliphatic rings. The molecule has 11 heteroatoms. The number of halogens is 5. The predicted molar refractivity (Wildman–Crippen MR) is 108 cm³/mol. The molecule has 0 atom stereocenters. The van der Waals surface area contributed by atoms with E-state index in [1.54, 1.807) is 9.80 Å². The number of carbonyl (C=O) groups is 2. The highest BCUT2D eigenvalue weighted by molar-refractivity contribution is 9.11. The van der Waals surface area contributed by atoms with Crippen molar-refractivity contribution in [1.29, 1.82) is 0 Å². The summed E-state index contributed by atoms with van der Waals surface area (Å²) < 4.78 is 44.9. The van der Waals surface area contributed by atoms with Gasteiger partial charge in [0.25, 0.3) is 5.91 Å². The summed E-state index contributed by atoms with van der Waals surface area (Å²) in [5, 5.41) is -0.151. The first kappa shape index (κ1) is 22.7. The second-order valence-electron chi connectivity index (χ2n) is 7.13. The number of nitrogens with zero attached hydrogens (tertiary/aromatic N) is 3. The number of cyclic esters (lactones) is 1. The van der Waals surface area contributed by atoms with Gasteiger partial charge in [0.2, 0.25) is 0 Å². The molecule has 0 N–H and O–H groups in total. The van der Waals surface area contributed by atoms with E-state index in [1.165, 1.54) is 13.1 Å². The van der Waals surface area contributed by atoms with Gasteiger partial charge in [-0.25, -0.2) is 4.79 Å². The molecule has 3 aliphatic heterocycles. The Balaban J connectivity index is 1.71. The molecule has 2 saturated heterocycles. The fraction of sp³-hybridized carbons (Fsp3) is 0.474. The number of ether oxygens (including phenoxy) is 1. The van der Waals surface area contributed by atoms with E-state index in [4.69, 9.17) is 16.3 Å². The Hall–Kier alpha value is -1.94. The van der Waals surface area contributed by atoms with Gasteiger partial charge in [0.05, 0.1) is 17.8 Å². The van der Waals surface area contributed by atoms with E-state index >= 15 is 0 Å². The molecule has 0 bridgehead atoms. The number of rotatable bonds is 3. The summed E-state index contributed by atoms with van der Waals surface area (Å²) in [5.74, 6) is -0.372. The lowest BCUT2D eigenvalue weighted by molar-refractivity contribution is -0.128. The van der Waals surface area contributed by atoms with Crippen LogP contribution < -0.4 is 0 Å². The number of hydrogen-bond donors (Lipinski definition) is 0. The second kappa shape index (κ2) is 8.66. The van der Waals surface area contributed by atoms with Gasteiger partial charge in [0.1, 0.15) is 11.8 Å². The van der Waals surface area contributed by atoms with Crippen molar-refractivity contribution in [2.75, 3.05) is 26.2 Å². The summed E-state index contributed by atoms with van der Waals surface area (Å²) in [5.41, 5.74) is -1.21. The molecule has 2 fully saturated rings. The first-order chi connectivity index (χ1) is 14.0. The Kier molecular flexibility index (Phi) is 6.57. The van der Waals surface area contributed by atoms with Crippen LogP contribution in [0.25, 0.3) is 0 Å². The molecular formula is C19H20BrClF3N3O3. The van der Waals surface area contributed by atoms with Crippen molar-refractivity contribution < 1.29 is 27.5 Å². The van der Waals surface area contributed by atoms with Gasteiger partial charge in [-0.15, -0.1) is 0 Å². The number of allylic oxidation sites excluding steroid dienone is 3. The summed E-state index contributed by atoms with van der Waals surface area (Å²) in [7, 11) is 0. The molecule has 0 aromatic rings. The average molecular weight is 511 g/mol. The minimum atomic E-state index is -4.61. The van der Waals surface area contributed by atoms with Crippen molar-refractivity contribution >= 4 is 39.5 Å². The van der Waals surface area contributed by atoms with E-state index < -0.39 is 11.7 Å². The Bertz CT molecular complexity index is 861. The molecule has 0 aromatic heterocycles. The maximum atomic E-state index is 13.3. The highest BCUT2D eigenvalue weighted by Crippen LogP contribution is 2.40. The maximum absolute atomic E-state index is 13.3. The first-order valence-corrected chi connectivity index (χ1v) is 10.4. The van der Waals surface area contributed by atoms with Crippen molar-refractivity contribution in [3.8, 4) is 0 Å². The van der Waals surface area contributed by atoms with Crippen LogP contribution >= 0.6 is 27.5 Å². The Morgan fingerprint density at radius 3 is 2.47 bits per heavy atom. The lowest BCUT2D eigenvalue weighted by Gasteiger charge is -2.36. The largest absolute Gasteiger partial charge is 0.448 e. The molecule has 3 heterocycles. The van der Waals surface area contributed by atoms with Crippen LogP contribution in [0.5, 0.6) is 0 Å². The van der Waals surface area contributed by atoms with Gasteiger partial charge in [0, 0.05) is 35.4 Å². The number of hydrogen-bond acceptors (Lipinski definition) is 4. The van der Waals surface area contributed by atoms with E-state index in [1.807, 2.05) is 0 Å². The normalized spacial score (nSPS) is 22.0. The molecule has 30 heavy (non-hydrogen) atoms. The second-order valence-corrected chi connectivity index (χ2v) is 8.41. The van der Waals surface area contributed by atoms with Crippen LogP contribution in [0, 0.1) is 0 Å². The highest BCUT2D eigenvalue weighted by atomic mass is 79.9. The Morgan fingerprint density at radius 2 is 1.93 bits per heavy atom. The van der Waals surface area contributed by atoms with Crippen molar-refractivity contribution in [2.45, 2.75) is 32.0 Å². The standard InChI is InChI=1S/C19H20BrClF3N3O3/c1-11(16(21)27-10-13(20)9-15(12(27)2)19(22,23)24)17(28)25-5-3-14(4-6-25)26-7-8-30-18(26)29/h9-10,14H,2-8H2,1H3/b16-11+. The summed E-state index contributed by atoms with van der Waals surface area (Å²) >= 11 is 9.37. The zero-order valence-electron chi connectivity index (χ0n) is 16.1. The molecule has 0 aliphatic carbocycles. The number of likely N-dealkylation sites (tertiary alicyclic amines) is 1. The fourth-order valence-electron chi connectivity index (χ4n) is 3.63. The predicted octanol–water partition coefficient (Wildman–Crippen LogP) is 4.45. The van der Waals surface area contributed by atoms with Crippen LogP contribution in [0.1, 0.15) is 19.8 Å². The van der Waals surface area contributed by atoms with E-state index in [9.17, 15) is 22.8 Å². The van der Waals surface area contributed by atoms with Crippen LogP contribution in [-0.4, -0.2) is 65.2 Å². The van der Waals surface area contributed by atoms with Gasteiger partial charge in [-0.05, 0) is 41.8 Å². The van der Waals surface area contributed by atoms with Crippen molar-refractivity contribution in [1.82, 2.24) is 14.7 Å². The molecule has 0 aromatic carbocycles. The minimum Gasteiger partial charge on any atom is -0.448 e. The summed E-state index contributed by atoms with van der Waals surface area (Å²) in [6.45, 7) is 6.68. The topological polar surface area (TPSA) is 53.1 Å².